The van der Waals surface area contributed by atoms with E-state index in [2.05, 4.69) is 5.32 Å². The van der Waals surface area contributed by atoms with Gasteiger partial charge in [-0.3, -0.25) is 9.59 Å². The van der Waals surface area contributed by atoms with Gasteiger partial charge in [0, 0.05) is 18.7 Å². The van der Waals surface area contributed by atoms with Crippen LogP contribution in [0.1, 0.15) is 55.4 Å². The summed E-state index contributed by atoms with van der Waals surface area (Å²) in [6, 6.07) is 7.18. The summed E-state index contributed by atoms with van der Waals surface area (Å²) in [4.78, 5) is 39.9. The number of nitrogens with zero attached hydrogens (tertiary/aromatic N) is 1. The molecule has 0 bridgehead atoms. The molecular formula is C20H24N2O4S. The summed E-state index contributed by atoms with van der Waals surface area (Å²) in [5, 5.41) is 3.10. The molecule has 144 valence electrons. The van der Waals surface area contributed by atoms with Crippen LogP contribution < -0.4 is 5.32 Å². The van der Waals surface area contributed by atoms with Crippen LogP contribution in [-0.2, 0) is 4.74 Å². The quantitative estimate of drug-likeness (QED) is 0.762. The first kappa shape index (κ1) is 20.6. The molecule has 2 amide bonds. The van der Waals surface area contributed by atoms with E-state index in [1.54, 1.807) is 24.0 Å². The van der Waals surface area contributed by atoms with Gasteiger partial charge in [-0.1, -0.05) is 18.2 Å². The number of thiophene rings is 1. The minimum absolute atomic E-state index is 0.163. The fraction of sp³-hybridized carbons (Fsp3) is 0.350. The van der Waals surface area contributed by atoms with E-state index in [1.807, 2.05) is 32.9 Å². The molecule has 0 saturated heterocycles. The zero-order valence-electron chi connectivity index (χ0n) is 16.2. The van der Waals surface area contributed by atoms with Gasteiger partial charge in [-0.25, -0.2) is 4.79 Å². The number of esters is 1. The lowest BCUT2D eigenvalue weighted by molar-refractivity contribution is 0.0601. The van der Waals surface area contributed by atoms with Crippen molar-refractivity contribution < 1.29 is 19.1 Å². The van der Waals surface area contributed by atoms with Gasteiger partial charge in [0.1, 0.15) is 5.00 Å². The maximum Gasteiger partial charge on any atom is 0.341 e. The number of amides is 2. The second kappa shape index (κ2) is 8.81. The Morgan fingerprint density at radius 3 is 2.30 bits per heavy atom. The third kappa shape index (κ3) is 4.19. The second-order valence-electron chi connectivity index (χ2n) is 6.00. The molecule has 1 heterocycles. The number of nitrogens with one attached hydrogen (secondary N) is 1. The highest BCUT2D eigenvalue weighted by molar-refractivity contribution is 7.18. The Labute approximate surface area is 163 Å². The van der Waals surface area contributed by atoms with Crippen molar-refractivity contribution in [1.82, 2.24) is 4.90 Å². The van der Waals surface area contributed by atoms with Crippen LogP contribution in [0.4, 0.5) is 5.00 Å². The van der Waals surface area contributed by atoms with E-state index in [1.165, 1.54) is 7.11 Å². The van der Waals surface area contributed by atoms with E-state index in [0.29, 0.717) is 34.1 Å². The number of rotatable bonds is 6. The van der Waals surface area contributed by atoms with Crippen molar-refractivity contribution in [2.45, 2.75) is 27.7 Å². The highest BCUT2D eigenvalue weighted by atomic mass is 32.1. The van der Waals surface area contributed by atoms with Crippen molar-refractivity contribution >= 4 is 34.1 Å². The number of aryl methyl sites for hydroxylation is 1. The van der Waals surface area contributed by atoms with Crippen LogP contribution in [0, 0.1) is 13.8 Å². The van der Waals surface area contributed by atoms with Crippen molar-refractivity contribution in [3.05, 3.63) is 51.4 Å². The number of anilines is 1. The number of hydrogen-bond acceptors (Lipinski definition) is 5. The van der Waals surface area contributed by atoms with Gasteiger partial charge in [-0.15, -0.1) is 11.3 Å². The van der Waals surface area contributed by atoms with Crippen molar-refractivity contribution in [3.8, 4) is 0 Å². The van der Waals surface area contributed by atoms with Crippen LogP contribution in [0.15, 0.2) is 24.3 Å². The molecule has 0 aliphatic heterocycles. The Kier molecular flexibility index (Phi) is 6.74. The van der Waals surface area contributed by atoms with Gasteiger partial charge in [0.05, 0.1) is 17.6 Å². The number of carbonyl (C=O) groups is 3. The van der Waals surface area contributed by atoms with Crippen LogP contribution >= 0.6 is 11.3 Å². The molecule has 1 aromatic carbocycles. The Bertz CT molecular complexity index is 869. The fourth-order valence-electron chi connectivity index (χ4n) is 2.81. The highest BCUT2D eigenvalue weighted by Gasteiger charge is 2.28. The maximum absolute atomic E-state index is 12.8. The van der Waals surface area contributed by atoms with Crippen LogP contribution in [0.5, 0.6) is 0 Å². The standard InChI is InChI=1S/C20H24N2O4S/c1-6-22(7-2)19(24)16-13(4)15(20(25)26-5)18(27-16)21-17(23)14-11-9-8-10-12(14)3/h8-11H,6-7H2,1-5H3,(H,21,23). The Morgan fingerprint density at radius 2 is 1.74 bits per heavy atom. The molecule has 2 aromatic rings. The van der Waals surface area contributed by atoms with Crippen molar-refractivity contribution in [3.63, 3.8) is 0 Å². The summed E-state index contributed by atoms with van der Waals surface area (Å²) in [7, 11) is 1.28. The summed E-state index contributed by atoms with van der Waals surface area (Å²) in [5.74, 6) is -1.08. The summed E-state index contributed by atoms with van der Waals surface area (Å²) in [6.07, 6.45) is 0. The molecule has 7 heteroatoms. The van der Waals surface area contributed by atoms with Gasteiger partial charge >= 0.3 is 5.97 Å². The minimum Gasteiger partial charge on any atom is -0.465 e. The number of carbonyl (C=O) groups excluding carboxylic acids is 3. The van der Waals surface area contributed by atoms with E-state index in [-0.39, 0.29) is 17.4 Å². The van der Waals surface area contributed by atoms with Crippen molar-refractivity contribution in [2.75, 3.05) is 25.5 Å². The largest absolute Gasteiger partial charge is 0.465 e. The van der Waals surface area contributed by atoms with Gasteiger partial charge in [0.25, 0.3) is 11.8 Å². The van der Waals surface area contributed by atoms with Gasteiger partial charge in [-0.05, 0) is 44.9 Å². The number of ether oxygens (including phenoxy) is 1. The van der Waals surface area contributed by atoms with Gasteiger partial charge < -0.3 is 15.0 Å². The minimum atomic E-state index is -0.581. The molecular weight excluding hydrogens is 364 g/mol. The normalized spacial score (nSPS) is 10.4. The first-order valence-electron chi connectivity index (χ1n) is 8.73. The molecule has 27 heavy (non-hydrogen) atoms. The molecule has 0 aliphatic rings. The van der Waals surface area contributed by atoms with Gasteiger partial charge in [0.15, 0.2) is 0 Å². The van der Waals surface area contributed by atoms with E-state index >= 15 is 0 Å². The van der Waals surface area contributed by atoms with Gasteiger partial charge in [0.2, 0.25) is 0 Å². The predicted molar refractivity (Wildman–Crippen MR) is 107 cm³/mol. The lowest BCUT2D eigenvalue weighted by Crippen LogP contribution is -2.30. The molecule has 0 unspecified atom stereocenters. The van der Waals surface area contributed by atoms with Gasteiger partial charge in [-0.2, -0.15) is 0 Å². The molecule has 0 atom stereocenters. The van der Waals surface area contributed by atoms with Crippen molar-refractivity contribution in [1.29, 1.82) is 0 Å². The topological polar surface area (TPSA) is 75.7 Å². The summed E-state index contributed by atoms with van der Waals surface area (Å²) in [6.45, 7) is 8.45. The molecule has 2 rings (SSSR count). The SMILES string of the molecule is CCN(CC)C(=O)c1sc(NC(=O)c2ccccc2C)c(C(=O)OC)c1C. The van der Waals surface area contributed by atoms with E-state index in [4.69, 9.17) is 4.74 Å². The molecule has 1 aromatic heterocycles. The first-order valence-corrected chi connectivity index (χ1v) is 9.55. The summed E-state index contributed by atoms with van der Waals surface area (Å²) in [5.41, 5.74) is 2.07. The average Bonchev–Trinajstić information content (AvgIpc) is 2.98. The van der Waals surface area contributed by atoms with E-state index in [9.17, 15) is 14.4 Å². The molecule has 6 nitrogen and oxygen atoms in total. The zero-order chi connectivity index (χ0) is 20.1. The lowest BCUT2D eigenvalue weighted by atomic mass is 10.1. The summed E-state index contributed by atoms with van der Waals surface area (Å²) < 4.78 is 4.87. The maximum atomic E-state index is 12.8. The van der Waals surface area contributed by atoms with E-state index < -0.39 is 5.97 Å². The Hall–Kier alpha value is -2.67. The Balaban J connectivity index is 2.47. The first-order chi connectivity index (χ1) is 12.8. The average molecular weight is 388 g/mol. The molecule has 1 N–H and O–H groups in total. The van der Waals surface area contributed by atoms with E-state index in [0.717, 1.165) is 16.9 Å². The zero-order valence-corrected chi connectivity index (χ0v) is 17.0. The van der Waals surface area contributed by atoms with Crippen LogP contribution in [0.2, 0.25) is 0 Å². The van der Waals surface area contributed by atoms with Crippen molar-refractivity contribution in [2.24, 2.45) is 0 Å². The third-order valence-electron chi connectivity index (χ3n) is 4.40. The third-order valence-corrected chi connectivity index (χ3v) is 5.59. The number of benzene rings is 1. The highest BCUT2D eigenvalue weighted by Crippen LogP contribution is 2.35. The molecule has 0 spiro atoms. The smallest absolute Gasteiger partial charge is 0.341 e. The lowest BCUT2D eigenvalue weighted by Gasteiger charge is -2.17. The molecule has 0 aliphatic carbocycles. The molecule has 0 radical (unpaired) electrons. The molecule has 0 saturated carbocycles. The second-order valence-corrected chi connectivity index (χ2v) is 7.02. The fourth-order valence-corrected chi connectivity index (χ4v) is 3.96. The number of methoxy groups -OCH3 is 1. The van der Waals surface area contributed by atoms with Crippen LogP contribution in [0.3, 0.4) is 0 Å². The van der Waals surface area contributed by atoms with Crippen LogP contribution in [-0.4, -0.2) is 42.9 Å². The summed E-state index contributed by atoms with van der Waals surface area (Å²) >= 11 is 1.10. The number of hydrogen-bond donors (Lipinski definition) is 1. The Morgan fingerprint density at radius 1 is 1.11 bits per heavy atom. The molecule has 0 fully saturated rings. The predicted octanol–water partition coefficient (Wildman–Crippen LogP) is 3.89. The monoisotopic (exact) mass is 388 g/mol. The van der Waals surface area contributed by atoms with Crippen LogP contribution in [0.25, 0.3) is 0 Å².